The summed E-state index contributed by atoms with van der Waals surface area (Å²) in [5.41, 5.74) is 0.908. The lowest BCUT2D eigenvalue weighted by molar-refractivity contribution is -0.00922. The Labute approximate surface area is 159 Å². The molecule has 2 aromatic heterocycles. The van der Waals surface area contributed by atoms with Gasteiger partial charge in [0, 0.05) is 37.1 Å². The maximum atomic E-state index is 12.7. The van der Waals surface area contributed by atoms with Crippen LogP contribution in [-0.4, -0.2) is 59.0 Å². The van der Waals surface area contributed by atoms with Crippen LogP contribution in [0.2, 0.25) is 0 Å². The Kier molecular flexibility index (Phi) is 5.69. The fraction of sp³-hybridized carbons (Fsp3) is 0.684. The number of aryl methyl sites for hydroxylation is 1. The van der Waals surface area contributed by atoms with E-state index < -0.39 is 0 Å². The molecule has 1 saturated heterocycles. The third-order valence-corrected chi connectivity index (χ3v) is 6.07. The normalized spacial score (nSPS) is 16.5. The molecule has 1 N–H and O–H groups in total. The highest BCUT2D eigenvalue weighted by atomic mass is 32.1. The van der Waals surface area contributed by atoms with Gasteiger partial charge in [0.15, 0.2) is 0 Å². The Morgan fingerprint density at radius 1 is 1.38 bits per heavy atom. The number of hydrogen-bond donors (Lipinski definition) is 1. The van der Waals surface area contributed by atoms with Gasteiger partial charge in [-0.25, -0.2) is 0 Å². The topological polar surface area (TPSA) is 59.4 Å². The average Bonchev–Trinajstić information content (AvgIpc) is 3.15. The van der Waals surface area contributed by atoms with Crippen LogP contribution in [0.4, 0.5) is 0 Å². The Bertz CT molecular complexity index is 772. The van der Waals surface area contributed by atoms with E-state index in [1.807, 2.05) is 17.7 Å². The molecular formula is C19H30N4O2S. The SMILES string of the molecule is Cc1nn(CC(C)C)c2sc(C(=O)NCC(C)(C)N3CCOCC3)cc12. The Balaban J connectivity index is 1.69. The van der Waals surface area contributed by atoms with Crippen LogP contribution in [0.1, 0.15) is 43.1 Å². The number of carbonyl (C=O) groups is 1. The van der Waals surface area contributed by atoms with Crippen molar-refractivity contribution in [3.05, 3.63) is 16.6 Å². The molecule has 0 aromatic carbocycles. The zero-order valence-corrected chi connectivity index (χ0v) is 17.3. The molecule has 2 aromatic rings. The van der Waals surface area contributed by atoms with Gasteiger partial charge in [-0.05, 0) is 32.8 Å². The van der Waals surface area contributed by atoms with Crippen molar-refractivity contribution >= 4 is 27.5 Å². The fourth-order valence-corrected chi connectivity index (χ4v) is 4.45. The number of fused-ring (bicyclic) bond motifs is 1. The van der Waals surface area contributed by atoms with Gasteiger partial charge in [-0.1, -0.05) is 13.8 Å². The number of carbonyl (C=O) groups excluding carboxylic acids is 1. The molecule has 1 aliphatic heterocycles. The number of amides is 1. The van der Waals surface area contributed by atoms with Crippen molar-refractivity contribution in [2.45, 2.75) is 46.7 Å². The van der Waals surface area contributed by atoms with Gasteiger partial charge >= 0.3 is 0 Å². The molecule has 0 saturated carbocycles. The summed E-state index contributed by atoms with van der Waals surface area (Å²) in [6.07, 6.45) is 0. The zero-order valence-electron chi connectivity index (χ0n) is 16.5. The van der Waals surface area contributed by atoms with Gasteiger partial charge < -0.3 is 10.1 Å². The average molecular weight is 379 g/mol. The molecule has 6 nitrogen and oxygen atoms in total. The highest BCUT2D eigenvalue weighted by Crippen LogP contribution is 2.29. The van der Waals surface area contributed by atoms with Gasteiger partial charge in [0.2, 0.25) is 0 Å². The first-order chi connectivity index (χ1) is 12.3. The van der Waals surface area contributed by atoms with E-state index in [0.29, 0.717) is 12.5 Å². The molecule has 0 spiro atoms. The second kappa shape index (κ2) is 7.66. The number of thiophene rings is 1. The fourth-order valence-electron chi connectivity index (χ4n) is 3.36. The molecule has 1 amide bonds. The number of morpholine rings is 1. The maximum absolute atomic E-state index is 12.7. The van der Waals surface area contributed by atoms with E-state index in [4.69, 9.17) is 4.74 Å². The maximum Gasteiger partial charge on any atom is 0.261 e. The smallest absolute Gasteiger partial charge is 0.261 e. The molecule has 1 fully saturated rings. The summed E-state index contributed by atoms with van der Waals surface area (Å²) >= 11 is 1.54. The first-order valence-electron chi connectivity index (χ1n) is 9.36. The largest absolute Gasteiger partial charge is 0.379 e. The van der Waals surface area contributed by atoms with Gasteiger partial charge in [0.1, 0.15) is 4.83 Å². The molecule has 0 bridgehead atoms. The van der Waals surface area contributed by atoms with E-state index in [0.717, 1.165) is 53.6 Å². The van der Waals surface area contributed by atoms with E-state index in [9.17, 15) is 4.79 Å². The van der Waals surface area contributed by atoms with E-state index in [1.165, 1.54) is 11.3 Å². The lowest BCUT2D eigenvalue weighted by Crippen LogP contribution is -2.55. The number of hydrogen-bond acceptors (Lipinski definition) is 5. The molecule has 3 rings (SSSR count). The predicted octanol–water partition coefficient (Wildman–Crippen LogP) is 2.90. The van der Waals surface area contributed by atoms with Crippen LogP contribution in [0, 0.1) is 12.8 Å². The zero-order chi connectivity index (χ0) is 18.9. The molecule has 144 valence electrons. The third kappa shape index (κ3) is 4.10. The summed E-state index contributed by atoms with van der Waals surface area (Å²) in [5.74, 6) is 0.522. The molecule has 7 heteroatoms. The number of nitrogens with one attached hydrogen (secondary N) is 1. The van der Waals surface area contributed by atoms with Crippen LogP contribution >= 0.6 is 11.3 Å². The second-order valence-corrected chi connectivity index (χ2v) is 9.12. The van der Waals surface area contributed by atoms with Crippen molar-refractivity contribution in [2.75, 3.05) is 32.8 Å². The van der Waals surface area contributed by atoms with Crippen LogP contribution < -0.4 is 5.32 Å². The Morgan fingerprint density at radius 3 is 2.73 bits per heavy atom. The van der Waals surface area contributed by atoms with Crippen molar-refractivity contribution in [3.63, 3.8) is 0 Å². The minimum Gasteiger partial charge on any atom is -0.379 e. The van der Waals surface area contributed by atoms with Crippen LogP contribution in [0.25, 0.3) is 10.2 Å². The molecule has 1 aliphatic rings. The van der Waals surface area contributed by atoms with E-state index in [-0.39, 0.29) is 11.4 Å². The van der Waals surface area contributed by atoms with Crippen molar-refractivity contribution in [3.8, 4) is 0 Å². The molecule has 0 unspecified atom stereocenters. The molecule has 0 aliphatic carbocycles. The standard InChI is InChI=1S/C19H30N4O2S/c1-13(2)11-23-18-15(14(3)21-23)10-16(26-18)17(24)20-12-19(4,5)22-6-8-25-9-7-22/h10,13H,6-9,11-12H2,1-5H3,(H,20,24). The summed E-state index contributed by atoms with van der Waals surface area (Å²) in [4.78, 5) is 16.9. The molecule has 3 heterocycles. The first kappa shape index (κ1) is 19.3. The Hall–Kier alpha value is -1.44. The monoisotopic (exact) mass is 378 g/mol. The molecule has 0 radical (unpaired) electrons. The summed E-state index contributed by atoms with van der Waals surface area (Å²) in [7, 11) is 0. The second-order valence-electron chi connectivity index (χ2n) is 8.09. The van der Waals surface area contributed by atoms with Crippen LogP contribution in [0.15, 0.2) is 6.07 Å². The van der Waals surface area contributed by atoms with E-state index in [2.05, 4.69) is 43.0 Å². The van der Waals surface area contributed by atoms with Crippen molar-refractivity contribution in [1.29, 1.82) is 0 Å². The molecular weight excluding hydrogens is 348 g/mol. The van der Waals surface area contributed by atoms with Crippen LogP contribution in [0.3, 0.4) is 0 Å². The minimum atomic E-state index is -0.0829. The summed E-state index contributed by atoms with van der Waals surface area (Å²) in [6, 6.07) is 1.98. The third-order valence-electron chi connectivity index (χ3n) is 4.92. The van der Waals surface area contributed by atoms with Gasteiger partial charge in [-0.3, -0.25) is 14.4 Å². The van der Waals surface area contributed by atoms with E-state index >= 15 is 0 Å². The van der Waals surface area contributed by atoms with E-state index in [1.54, 1.807) is 0 Å². The summed E-state index contributed by atoms with van der Waals surface area (Å²) < 4.78 is 7.46. The van der Waals surface area contributed by atoms with Crippen LogP contribution in [-0.2, 0) is 11.3 Å². The summed E-state index contributed by atoms with van der Waals surface area (Å²) in [5, 5.41) is 8.83. The molecule has 0 atom stereocenters. The van der Waals surface area contributed by atoms with Crippen LogP contribution in [0.5, 0.6) is 0 Å². The quantitative estimate of drug-likeness (QED) is 0.840. The van der Waals surface area contributed by atoms with Gasteiger partial charge in [0.05, 0.1) is 23.8 Å². The Morgan fingerprint density at radius 2 is 2.08 bits per heavy atom. The predicted molar refractivity (Wildman–Crippen MR) is 106 cm³/mol. The highest BCUT2D eigenvalue weighted by Gasteiger charge is 2.29. The molecule has 26 heavy (non-hydrogen) atoms. The first-order valence-corrected chi connectivity index (χ1v) is 10.2. The number of ether oxygens (including phenoxy) is 1. The van der Waals surface area contributed by atoms with Gasteiger partial charge in [-0.2, -0.15) is 5.10 Å². The van der Waals surface area contributed by atoms with Gasteiger partial charge in [-0.15, -0.1) is 11.3 Å². The lowest BCUT2D eigenvalue weighted by atomic mass is 10.0. The summed E-state index contributed by atoms with van der Waals surface area (Å²) in [6.45, 7) is 15.6. The number of aromatic nitrogens is 2. The van der Waals surface area contributed by atoms with Crippen molar-refractivity contribution < 1.29 is 9.53 Å². The number of rotatable bonds is 6. The van der Waals surface area contributed by atoms with Crippen molar-refractivity contribution in [2.24, 2.45) is 5.92 Å². The number of nitrogens with zero attached hydrogens (tertiary/aromatic N) is 3. The van der Waals surface area contributed by atoms with Crippen molar-refractivity contribution in [1.82, 2.24) is 20.0 Å². The van der Waals surface area contributed by atoms with Gasteiger partial charge in [0.25, 0.3) is 5.91 Å². The lowest BCUT2D eigenvalue weighted by Gasteiger charge is -2.40. The minimum absolute atomic E-state index is 0.00281. The highest BCUT2D eigenvalue weighted by molar-refractivity contribution is 7.20.